The number of amides is 2. The lowest BCUT2D eigenvalue weighted by Crippen LogP contribution is -2.36. The van der Waals surface area contributed by atoms with E-state index < -0.39 is 0 Å². The van der Waals surface area contributed by atoms with E-state index in [-0.39, 0.29) is 11.8 Å². The SMILES string of the molecule is CC(=O)N1CCCN(C(=O)CCc2ccccc2)CC1. The van der Waals surface area contributed by atoms with Crippen LogP contribution >= 0.6 is 0 Å². The molecule has 20 heavy (non-hydrogen) atoms. The van der Waals surface area contributed by atoms with Crippen LogP contribution in [0.1, 0.15) is 25.3 Å². The van der Waals surface area contributed by atoms with Crippen molar-refractivity contribution in [3.05, 3.63) is 35.9 Å². The molecule has 2 rings (SSSR count). The van der Waals surface area contributed by atoms with E-state index in [9.17, 15) is 9.59 Å². The van der Waals surface area contributed by atoms with Crippen molar-refractivity contribution in [2.75, 3.05) is 26.2 Å². The smallest absolute Gasteiger partial charge is 0.222 e. The number of aryl methyl sites for hydroxylation is 1. The summed E-state index contributed by atoms with van der Waals surface area (Å²) < 4.78 is 0. The third-order valence-corrected chi connectivity index (χ3v) is 3.76. The van der Waals surface area contributed by atoms with Gasteiger partial charge in [-0.2, -0.15) is 0 Å². The average Bonchev–Trinajstić information content (AvgIpc) is 2.72. The van der Waals surface area contributed by atoms with Crippen molar-refractivity contribution in [1.82, 2.24) is 9.80 Å². The molecule has 0 spiro atoms. The van der Waals surface area contributed by atoms with E-state index in [0.717, 1.165) is 25.9 Å². The lowest BCUT2D eigenvalue weighted by molar-refractivity contribution is -0.132. The minimum atomic E-state index is 0.101. The molecule has 0 saturated carbocycles. The van der Waals surface area contributed by atoms with Gasteiger partial charge < -0.3 is 9.80 Å². The first-order valence-corrected chi connectivity index (χ1v) is 7.24. The molecule has 0 radical (unpaired) electrons. The highest BCUT2D eigenvalue weighted by Crippen LogP contribution is 2.08. The van der Waals surface area contributed by atoms with E-state index in [1.54, 1.807) is 6.92 Å². The van der Waals surface area contributed by atoms with Gasteiger partial charge in [-0.1, -0.05) is 30.3 Å². The van der Waals surface area contributed by atoms with Gasteiger partial charge in [0, 0.05) is 39.5 Å². The van der Waals surface area contributed by atoms with Gasteiger partial charge >= 0.3 is 0 Å². The summed E-state index contributed by atoms with van der Waals surface area (Å²) in [4.78, 5) is 27.3. The van der Waals surface area contributed by atoms with E-state index in [4.69, 9.17) is 0 Å². The Morgan fingerprint density at radius 3 is 2.35 bits per heavy atom. The number of rotatable bonds is 3. The molecule has 2 amide bonds. The largest absolute Gasteiger partial charge is 0.341 e. The fourth-order valence-corrected chi connectivity index (χ4v) is 2.54. The Bertz CT molecular complexity index is 459. The molecule has 4 heteroatoms. The molecular weight excluding hydrogens is 252 g/mol. The van der Waals surface area contributed by atoms with E-state index in [1.807, 2.05) is 40.1 Å². The van der Waals surface area contributed by atoms with Gasteiger partial charge in [-0.25, -0.2) is 0 Å². The first-order valence-electron chi connectivity index (χ1n) is 7.24. The molecule has 1 aromatic rings. The van der Waals surface area contributed by atoms with E-state index >= 15 is 0 Å². The van der Waals surface area contributed by atoms with Crippen molar-refractivity contribution in [2.24, 2.45) is 0 Å². The van der Waals surface area contributed by atoms with Crippen molar-refractivity contribution in [3.8, 4) is 0 Å². The molecule has 108 valence electrons. The van der Waals surface area contributed by atoms with Crippen LogP contribution in [0.3, 0.4) is 0 Å². The highest BCUT2D eigenvalue weighted by atomic mass is 16.2. The molecule has 1 aliphatic rings. The number of hydrogen-bond donors (Lipinski definition) is 0. The van der Waals surface area contributed by atoms with Crippen molar-refractivity contribution in [3.63, 3.8) is 0 Å². The predicted molar refractivity (Wildman–Crippen MR) is 78.2 cm³/mol. The molecule has 1 fully saturated rings. The molecule has 0 atom stereocenters. The first-order chi connectivity index (χ1) is 9.66. The molecule has 0 aromatic heterocycles. The molecule has 1 saturated heterocycles. The molecule has 0 N–H and O–H groups in total. The Morgan fingerprint density at radius 2 is 1.65 bits per heavy atom. The number of carbonyl (C=O) groups excluding carboxylic acids is 2. The van der Waals surface area contributed by atoms with Crippen molar-refractivity contribution in [1.29, 1.82) is 0 Å². The first kappa shape index (κ1) is 14.6. The van der Waals surface area contributed by atoms with Crippen LogP contribution in [-0.4, -0.2) is 47.8 Å². The molecule has 1 aromatic carbocycles. The van der Waals surface area contributed by atoms with Crippen LogP contribution < -0.4 is 0 Å². The molecule has 0 bridgehead atoms. The lowest BCUT2D eigenvalue weighted by atomic mass is 10.1. The Hall–Kier alpha value is -1.84. The van der Waals surface area contributed by atoms with Gasteiger partial charge in [0.05, 0.1) is 0 Å². The lowest BCUT2D eigenvalue weighted by Gasteiger charge is -2.21. The number of nitrogens with zero attached hydrogens (tertiary/aromatic N) is 2. The number of benzene rings is 1. The van der Waals surface area contributed by atoms with Gasteiger partial charge in [-0.05, 0) is 18.4 Å². The minimum absolute atomic E-state index is 0.101. The second kappa shape index (κ2) is 7.08. The predicted octanol–water partition coefficient (Wildman–Crippen LogP) is 1.70. The minimum Gasteiger partial charge on any atom is -0.341 e. The summed E-state index contributed by atoms with van der Waals surface area (Å²) in [6.07, 6.45) is 2.20. The fraction of sp³-hybridized carbons (Fsp3) is 0.500. The van der Waals surface area contributed by atoms with Gasteiger partial charge in [0.25, 0.3) is 0 Å². The second-order valence-electron chi connectivity index (χ2n) is 5.23. The number of carbonyl (C=O) groups is 2. The Morgan fingerprint density at radius 1 is 1.00 bits per heavy atom. The van der Waals surface area contributed by atoms with Crippen LogP contribution in [0.4, 0.5) is 0 Å². The van der Waals surface area contributed by atoms with Crippen LogP contribution in [0.2, 0.25) is 0 Å². The van der Waals surface area contributed by atoms with Crippen LogP contribution in [0.5, 0.6) is 0 Å². The summed E-state index contributed by atoms with van der Waals surface area (Å²) >= 11 is 0. The normalized spacial score (nSPS) is 15.8. The summed E-state index contributed by atoms with van der Waals surface area (Å²) in [6, 6.07) is 10.1. The molecule has 4 nitrogen and oxygen atoms in total. The van der Waals surface area contributed by atoms with E-state index in [0.29, 0.717) is 19.5 Å². The molecular formula is C16H22N2O2. The zero-order chi connectivity index (χ0) is 14.4. The zero-order valence-corrected chi connectivity index (χ0v) is 12.0. The summed E-state index contributed by atoms with van der Waals surface area (Å²) in [7, 11) is 0. The third kappa shape index (κ3) is 4.08. The maximum Gasteiger partial charge on any atom is 0.222 e. The van der Waals surface area contributed by atoms with Crippen LogP contribution in [0.15, 0.2) is 30.3 Å². The van der Waals surface area contributed by atoms with Gasteiger partial charge in [-0.15, -0.1) is 0 Å². The van der Waals surface area contributed by atoms with Crippen molar-refractivity contribution in [2.45, 2.75) is 26.2 Å². The van der Waals surface area contributed by atoms with Gasteiger partial charge in [0.15, 0.2) is 0 Å². The Kier molecular flexibility index (Phi) is 5.16. The van der Waals surface area contributed by atoms with Crippen molar-refractivity contribution >= 4 is 11.8 Å². The zero-order valence-electron chi connectivity index (χ0n) is 12.0. The van der Waals surface area contributed by atoms with Crippen molar-refractivity contribution < 1.29 is 9.59 Å². The van der Waals surface area contributed by atoms with E-state index in [1.165, 1.54) is 5.56 Å². The number of hydrogen-bond acceptors (Lipinski definition) is 2. The van der Waals surface area contributed by atoms with Crippen LogP contribution in [0.25, 0.3) is 0 Å². The standard InChI is InChI=1S/C16H22N2O2/c1-14(19)17-10-5-11-18(13-12-17)16(20)9-8-15-6-3-2-4-7-15/h2-4,6-7H,5,8-13H2,1H3. The molecule has 1 heterocycles. The highest BCUT2D eigenvalue weighted by Gasteiger charge is 2.19. The summed E-state index contributed by atoms with van der Waals surface area (Å²) in [5.74, 6) is 0.294. The van der Waals surface area contributed by atoms with E-state index in [2.05, 4.69) is 0 Å². The topological polar surface area (TPSA) is 40.6 Å². The second-order valence-corrected chi connectivity index (χ2v) is 5.23. The Balaban J connectivity index is 1.82. The van der Waals surface area contributed by atoms with Gasteiger partial charge in [-0.3, -0.25) is 9.59 Å². The average molecular weight is 274 g/mol. The fourth-order valence-electron chi connectivity index (χ4n) is 2.54. The third-order valence-electron chi connectivity index (χ3n) is 3.76. The maximum atomic E-state index is 12.2. The monoisotopic (exact) mass is 274 g/mol. The highest BCUT2D eigenvalue weighted by molar-refractivity contribution is 5.77. The summed E-state index contributed by atoms with van der Waals surface area (Å²) in [5.41, 5.74) is 1.20. The quantitative estimate of drug-likeness (QED) is 0.841. The molecule has 0 unspecified atom stereocenters. The summed E-state index contributed by atoms with van der Waals surface area (Å²) in [6.45, 7) is 4.43. The van der Waals surface area contributed by atoms with Gasteiger partial charge in [0.1, 0.15) is 0 Å². The maximum absolute atomic E-state index is 12.2. The molecule has 1 aliphatic heterocycles. The summed E-state index contributed by atoms with van der Waals surface area (Å²) in [5, 5.41) is 0. The molecule has 0 aliphatic carbocycles. The Labute approximate surface area is 120 Å². The van der Waals surface area contributed by atoms with Crippen LogP contribution in [-0.2, 0) is 16.0 Å². The van der Waals surface area contributed by atoms with Gasteiger partial charge in [0.2, 0.25) is 11.8 Å². The van der Waals surface area contributed by atoms with Crippen LogP contribution in [0, 0.1) is 0 Å².